The number of aromatic nitrogens is 6. The Hall–Kier alpha value is -2.38. The summed E-state index contributed by atoms with van der Waals surface area (Å²) in [5.74, 6) is -0.462. The zero-order valence-corrected chi connectivity index (χ0v) is 11.2. The Kier molecular flexibility index (Phi) is 2.73. The first kappa shape index (κ1) is 12.6. The van der Waals surface area contributed by atoms with E-state index in [1.807, 2.05) is 13.0 Å². The van der Waals surface area contributed by atoms with Crippen molar-refractivity contribution >= 4 is 5.97 Å². The van der Waals surface area contributed by atoms with Gasteiger partial charge in [-0.1, -0.05) is 0 Å². The highest BCUT2D eigenvalue weighted by molar-refractivity contribution is 5.78. The Morgan fingerprint density at radius 1 is 1.30 bits per heavy atom. The van der Waals surface area contributed by atoms with Crippen LogP contribution >= 0.6 is 0 Å². The predicted molar refractivity (Wildman–Crippen MR) is 67.8 cm³/mol. The van der Waals surface area contributed by atoms with Gasteiger partial charge >= 0.3 is 5.97 Å². The quantitative estimate of drug-likeness (QED) is 0.878. The molecule has 8 heteroatoms. The van der Waals surface area contributed by atoms with Gasteiger partial charge in [0.25, 0.3) is 0 Å². The van der Waals surface area contributed by atoms with Gasteiger partial charge in [0.1, 0.15) is 0 Å². The molecular weight excluding hydrogens is 260 g/mol. The van der Waals surface area contributed by atoms with Gasteiger partial charge in [0.2, 0.25) is 0 Å². The number of rotatable bonds is 3. The number of carboxylic acids is 1. The lowest BCUT2D eigenvalue weighted by atomic mass is 9.76. The molecule has 104 valence electrons. The van der Waals surface area contributed by atoms with Gasteiger partial charge in [-0.3, -0.25) is 0 Å². The summed E-state index contributed by atoms with van der Waals surface area (Å²) in [5, 5.41) is 29.1. The highest BCUT2D eigenvalue weighted by Gasteiger charge is 2.49. The minimum absolute atomic E-state index is 0.433. The average Bonchev–Trinajstić information content (AvgIpc) is 2.80. The molecule has 8 nitrogen and oxygen atoms in total. The topological polar surface area (TPSA) is 107 Å². The fourth-order valence-electron chi connectivity index (χ4n) is 2.45. The zero-order chi connectivity index (χ0) is 14.3. The van der Waals surface area contributed by atoms with Gasteiger partial charge in [-0.15, -0.1) is 5.10 Å². The summed E-state index contributed by atoms with van der Waals surface area (Å²) in [6, 6.07) is 1.82. The molecule has 0 bridgehead atoms. The molecule has 0 aliphatic heterocycles. The maximum atomic E-state index is 11.6. The lowest BCUT2D eigenvalue weighted by Crippen LogP contribution is -2.48. The highest BCUT2D eigenvalue weighted by atomic mass is 16.4. The third-order valence-electron chi connectivity index (χ3n) is 3.80. The Morgan fingerprint density at radius 2 is 2.05 bits per heavy atom. The van der Waals surface area contributed by atoms with Crippen molar-refractivity contribution in [1.82, 2.24) is 30.4 Å². The molecule has 0 unspecified atom stereocenters. The van der Waals surface area contributed by atoms with Crippen LogP contribution in [-0.2, 0) is 10.3 Å². The van der Waals surface area contributed by atoms with Crippen molar-refractivity contribution in [3.05, 3.63) is 17.5 Å². The summed E-state index contributed by atoms with van der Waals surface area (Å²) in [4.78, 5) is 11.6. The number of carboxylic acid groups (broad SMARTS) is 1. The Morgan fingerprint density at radius 3 is 2.65 bits per heavy atom. The first-order valence-electron chi connectivity index (χ1n) is 6.38. The van der Waals surface area contributed by atoms with E-state index in [1.165, 1.54) is 4.68 Å². The molecule has 1 fully saturated rings. The number of hydrogen-bond donors (Lipinski definition) is 1. The molecule has 2 aromatic heterocycles. The molecule has 2 aromatic rings. The molecule has 20 heavy (non-hydrogen) atoms. The lowest BCUT2D eigenvalue weighted by Gasteiger charge is -2.37. The normalized spacial score (nSPS) is 16.7. The maximum absolute atomic E-state index is 11.6. The van der Waals surface area contributed by atoms with Crippen LogP contribution in [0.3, 0.4) is 0 Å². The van der Waals surface area contributed by atoms with E-state index < -0.39 is 11.5 Å². The van der Waals surface area contributed by atoms with E-state index in [0.717, 1.165) is 17.7 Å². The number of hydrogen-bond acceptors (Lipinski definition) is 6. The van der Waals surface area contributed by atoms with E-state index in [4.69, 9.17) is 0 Å². The molecule has 0 saturated heterocycles. The SMILES string of the molecule is Cc1cc(-c2nnnn2C2(C(=O)O)CCC2)c(C)nn1. The Bertz CT molecular complexity index is 676. The molecule has 2 heterocycles. The molecule has 3 rings (SSSR count). The number of carbonyl (C=O) groups is 1. The van der Waals surface area contributed by atoms with Gasteiger partial charge in [-0.25, -0.2) is 9.48 Å². The summed E-state index contributed by atoms with van der Waals surface area (Å²) >= 11 is 0. The molecular formula is C12H14N6O2. The second-order valence-corrected chi connectivity index (χ2v) is 5.09. The Balaban J connectivity index is 2.16. The van der Waals surface area contributed by atoms with Gasteiger partial charge in [0, 0.05) is 5.56 Å². The van der Waals surface area contributed by atoms with Gasteiger partial charge in [0.05, 0.1) is 11.4 Å². The van der Waals surface area contributed by atoms with Gasteiger partial charge in [-0.2, -0.15) is 10.2 Å². The number of aryl methyl sites for hydroxylation is 2. The van der Waals surface area contributed by atoms with E-state index in [2.05, 4.69) is 25.7 Å². The number of nitrogens with zero attached hydrogens (tertiary/aromatic N) is 6. The van der Waals surface area contributed by atoms with Crippen molar-refractivity contribution in [3.8, 4) is 11.4 Å². The van der Waals surface area contributed by atoms with E-state index in [0.29, 0.717) is 24.4 Å². The Labute approximate surface area is 114 Å². The van der Waals surface area contributed by atoms with Crippen molar-refractivity contribution in [2.45, 2.75) is 38.6 Å². The fourth-order valence-corrected chi connectivity index (χ4v) is 2.45. The van der Waals surface area contributed by atoms with E-state index in [1.54, 1.807) is 6.92 Å². The summed E-state index contributed by atoms with van der Waals surface area (Å²) in [6.45, 7) is 3.62. The summed E-state index contributed by atoms with van der Waals surface area (Å²) in [6.07, 6.45) is 1.94. The van der Waals surface area contributed by atoms with Crippen LogP contribution in [0.5, 0.6) is 0 Å². The van der Waals surface area contributed by atoms with Crippen LogP contribution < -0.4 is 0 Å². The standard InChI is InChI=1S/C12H14N6O2/c1-7-6-9(8(2)14-13-7)10-15-16-17-18(10)12(11(19)20)4-3-5-12/h6H,3-5H2,1-2H3,(H,19,20). The maximum Gasteiger partial charge on any atom is 0.331 e. The third-order valence-corrected chi connectivity index (χ3v) is 3.80. The van der Waals surface area contributed by atoms with Gasteiger partial charge < -0.3 is 5.11 Å². The first-order chi connectivity index (χ1) is 9.54. The van der Waals surface area contributed by atoms with Crippen LogP contribution in [0, 0.1) is 13.8 Å². The van der Waals surface area contributed by atoms with E-state index in [9.17, 15) is 9.90 Å². The number of tetrazole rings is 1. The van der Waals surface area contributed by atoms with Crippen LogP contribution in [0.4, 0.5) is 0 Å². The molecule has 0 spiro atoms. The molecule has 0 radical (unpaired) electrons. The average molecular weight is 274 g/mol. The molecule has 1 N–H and O–H groups in total. The minimum Gasteiger partial charge on any atom is -0.479 e. The third kappa shape index (κ3) is 1.68. The van der Waals surface area contributed by atoms with Crippen molar-refractivity contribution < 1.29 is 9.90 Å². The van der Waals surface area contributed by atoms with Crippen molar-refractivity contribution in [3.63, 3.8) is 0 Å². The molecule has 1 aliphatic rings. The van der Waals surface area contributed by atoms with Crippen LogP contribution in [0.2, 0.25) is 0 Å². The molecule has 1 aliphatic carbocycles. The van der Waals surface area contributed by atoms with Crippen molar-refractivity contribution in [2.24, 2.45) is 0 Å². The van der Waals surface area contributed by atoms with Gasteiger partial charge in [0.15, 0.2) is 11.4 Å². The van der Waals surface area contributed by atoms with Crippen molar-refractivity contribution in [1.29, 1.82) is 0 Å². The van der Waals surface area contributed by atoms with Crippen molar-refractivity contribution in [2.75, 3.05) is 0 Å². The van der Waals surface area contributed by atoms with Gasteiger partial charge in [-0.05, 0) is 49.6 Å². The van der Waals surface area contributed by atoms with E-state index >= 15 is 0 Å². The lowest BCUT2D eigenvalue weighted by molar-refractivity contribution is -0.153. The highest BCUT2D eigenvalue weighted by Crippen LogP contribution is 2.41. The molecule has 0 aromatic carbocycles. The second-order valence-electron chi connectivity index (χ2n) is 5.09. The van der Waals surface area contributed by atoms with Crippen LogP contribution in [-0.4, -0.2) is 41.5 Å². The monoisotopic (exact) mass is 274 g/mol. The summed E-state index contributed by atoms with van der Waals surface area (Å²) < 4.78 is 1.42. The summed E-state index contributed by atoms with van der Waals surface area (Å²) in [7, 11) is 0. The molecule has 1 saturated carbocycles. The smallest absolute Gasteiger partial charge is 0.331 e. The minimum atomic E-state index is -1.03. The van der Waals surface area contributed by atoms with Crippen LogP contribution in [0.15, 0.2) is 6.07 Å². The fraction of sp³-hybridized carbons (Fsp3) is 0.500. The molecule has 0 atom stereocenters. The summed E-state index contributed by atoms with van der Waals surface area (Å²) in [5.41, 5.74) is 1.10. The first-order valence-corrected chi connectivity index (χ1v) is 6.38. The number of aliphatic carboxylic acids is 1. The second kappa shape index (κ2) is 4.32. The molecule has 0 amide bonds. The van der Waals surface area contributed by atoms with Crippen LogP contribution in [0.1, 0.15) is 30.7 Å². The zero-order valence-electron chi connectivity index (χ0n) is 11.2. The largest absolute Gasteiger partial charge is 0.479 e. The predicted octanol–water partition coefficient (Wildman–Crippen LogP) is 0.711. The van der Waals surface area contributed by atoms with Crippen LogP contribution in [0.25, 0.3) is 11.4 Å². The van der Waals surface area contributed by atoms with E-state index in [-0.39, 0.29) is 0 Å².